The average Bonchev–Trinajstić information content (AvgIpc) is 3.41. The molecule has 4 heteroatoms. The summed E-state index contributed by atoms with van der Waals surface area (Å²) in [4.78, 5) is 27.3. The topological polar surface area (TPSA) is 47.3 Å². The maximum Gasteiger partial charge on any atom is 0.197 e. The van der Waals surface area contributed by atoms with Crippen molar-refractivity contribution in [3.05, 3.63) is 75.9 Å². The number of Topliss-reactive ketones (excluding diaryl/α,β-unsaturated/α-hetero) is 2. The number of benzene rings is 2. The second-order valence-corrected chi connectivity index (χ2v) is 9.44. The van der Waals surface area contributed by atoms with Crippen molar-refractivity contribution < 1.29 is 14.0 Å². The van der Waals surface area contributed by atoms with Crippen LogP contribution in [0.15, 0.2) is 58.5 Å². The lowest BCUT2D eigenvalue weighted by atomic mass is 9.88. The Morgan fingerprint density at radius 2 is 1.53 bits per heavy atom. The zero-order valence-electron chi connectivity index (χ0n) is 16.4. The number of furan rings is 1. The molecule has 0 radical (unpaired) electrons. The van der Waals surface area contributed by atoms with Crippen LogP contribution < -0.4 is 0 Å². The number of hydrogen-bond donors (Lipinski definition) is 0. The Labute approximate surface area is 178 Å². The number of hydrogen-bond acceptors (Lipinski definition) is 4. The smallest absolute Gasteiger partial charge is 0.197 e. The standard InChI is InChI=1S/C26H20O3S/c27-25-19-10-16-8-4-5-9-17(16)11-20(19)26(28)21(25)12-18-13-24-22(29-18)14-23(30-24)15-6-2-1-3-7-15/h4-5,8-15H,1-3,6-7H2. The SMILES string of the molecule is O=C1C(=Cc2cc3sc(C4CCCCC4)cc3o2)C(=O)c2cc3ccccc3cc21. The van der Waals surface area contributed by atoms with Gasteiger partial charge in [0, 0.05) is 22.1 Å². The van der Waals surface area contributed by atoms with E-state index in [1.807, 2.05) is 42.5 Å². The van der Waals surface area contributed by atoms with E-state index in [2.05, 4.69) is 6.07 Å². The number of fused-ring (bicyclic) bond motifs is 3. The summed E-state index contributed by atoms with van der Waals surface area (Å²) in [5, 5.41) is 1.93. The van der Waals surface area contributed by atoms with E-state index in [4.69, 9.17) is 4.42 Å². The first-order valence-corrected chi connectivity index (χ1v) is 11.4. The molecule has 2 heterocycles. The van der Waals surface area contributed by atoms with Crippen molar-refractivity contribution in [2.24, 2.45) is 0 Å². The molecular formula is C26H20O3S. The van der Waals surface area contributed by atoms with Gasteiger partial charge in [-0.05, 0) is 53.8 Å². The minimum absolute atomic E-state index is 0.189. The summed E-state index contributed by atoms with van der Waals surface area (Å²) in [6.07, 6.45) is 8.09. The fourth-order valence-electron chi connectivity index (χ4n) is 4.82. The van der Waals surface area contributed by atoms with Crippen molar-refractivity contribution in [3.63, 3.8) is 0 Å². The van der Waals surface area contributed by atoms with Gasteiger partial charge in [-0.15, -0.1) is 11.3 Å². The molecule has 0 N–H and O–H groups in total. The quantitative estimate of drug-likeness (QED) is 0.259. The van der Waals surface area contributed by atoms with E-state index >= 15 is 0 Å². The highest BCUT2D eigenvalue weighted by atomic mass is 32.1. The zero-order valence-corrected chi connectivity index (χ0v) is 17.3. The molecule has 2 aliphatic carbocycles. The Hall–Kier alpha value is -2.98. The second kappa shape index (κ2) is 6.78. The largest absolute Gasteiger partial charge is 0.456 e. The van der Waals surface area contributed by atoms with E-state index in [1.54, 1.807) is 17.4 Å². The molecule has 0 spiro atoms. The molecule has 0 saturated heterocycles. The number of carbonyl (C=O) groups excluding carboxylic acids is 2. The third kappa shape index (κ3) is 2.78. The van der Waals surface area contributed by atoms with E-state index in [0.717, 1.165) is 21.1 Å². The molecule has 1 saturated carbocycles. The van der Waals surface area contributed by atoms with Crippen LogP contribution in [0.25, 0.3) is 27.1 Å². The summed E-state index contributed by atoms with van der Waals surface area (Å²) in [5.74, 6) is 0.780. The van der Waals surface area contributed by atoms with E-state index in [1.165, 1.54) is 37.0 Å². The normalized spacial score (nSPS) is 17.3. The number of ketones is 2. The third-order valence-corrected chi connectivity index (χ3v) is 7.63. The van der Waals surface area contributed by atoms with Gasteiger partial charge in [0.15, 0.2) is 11.6 Å². The molecule has 4 aromatic rings. The predicted octanol–water partition coefficient (Wildman–Crippen LogP) is 7.16. The van der Waals surface area contributed by atoms with Crippen molar-refractivity contribution in [2.45, 2.75) is 38.0 Å². The molecule has 0 atom stereocenters. The second-order valence-electron chi connectivity index (χ2n) is 8.32. The van der Waals surface area contributed by atoms with E-state index in [0.29, 0.717) is 22.8 Å². The summed E-state index contributed by atoms with van der Waals surface area (Å²) in [6.45, 7) is 0. The van der Waals surface area contributed by atoms with Crippen molar-refractivity contribution in [3.8, 4) is 0 Å². The van der Waals surface area contributed by atoms with Gasteiger partial charge in [-0.25, -0.2) is 0 Å². The number of allylic oxidation sites excluding steroid dienone is 1. The van der Waals surface area contributed by atoms with E-state index in [9.17, 15) is 9.59 Å². The molecule has 6 rings (SSSR count). The van der Waals surface area contributed by atoms with Gasteiger partial charge < -0.3 is 4.42 Å². The molecule has 0 unspecified atom stereocenters. The summed E-state index contributed by atoms with van der Waals surface area (Å²) >= 11 is 1.78. The molecular weight excluding hydrogens is 392 g/mol. The predicted molar refractivity (Wildman–Crippen MR) is 121 cm³/mol. The van der Waals surface area contributed by atoms with Crippen LogP contribution in [-0.2, 0) is 0 Å². The maximum atomic E-state index is 12.9. The molecule has 2 aliphatic rings. The van der Waals surface area contributed by atoms with Gasteiger partial charge in [0.1, 0.15) is 11.3 Å². The van der Waals surface area contributed by atoms with Crippen molar-refractivity contribution >= 4 is 50.0 Å². The van der Waals surface area contributed by atoms with Gasteiger partial charge in [0.05, 0.1) is 10.3 Å². The molecule has 0 bridgehead atoms. The van der Waals surface area contributed by atoms with Gasteiger partial charge in [-0.3, -0.25) is 9.59 Å². The lowest BCUT2D eigenvalue weighted by Gasteiger charge is -2.19. The molecule has 2 aromatic heterocycles. The van der Waals surface area contributed by atoms with Gasteiger partial charge in [-0.2, -0.15) is 0 Å². The molecule has 0 aliphatic heterocycles. The van der Waals surface area contributed by atoms with Crippen LogP contribution in [0.2, 0.25) is 0 Å². The van der Waals surface area contributed by atoms with E-state index < -0.39 is 0 Å². The zero-order chi connectivity index (χ0) is 20.2. The van der Waals surface area contributed by atoms with Crippen molar-refractivity contribution in [1.29, 1.82) is 0 Å². The maximum absolute atomic E-state index is 12.9. The number of thiophene rings is 1. The highest BCUT2D eigenvalue weighted by Crippen LogP contribution is 2.40. The molecule has 0 amide bonds. The monoisotopic (exact) mass is 412 g/mol. The van der Waals surface area contributed by atoms with Gasteiger partial charge >= 0.3 is 0 Å². The minimum atomic E-state index is -0.219. The summed E-state index contributed by atoms with van der Waals surface area (Å²) in [7, 11) is 0. The highest BCUT2D eigenvalue weighted by molar-refractivity contribution is 7.19. The summed E-state index contributed by atoms with van der Waals surface area (Å²) in [5.41, 5.74) is 2.01. The highest BCUT2D eigenvalue weighted by Gasteiger charge is 2.33. The van der Waals surface area contributed by atoms with Crippen LogP contribution in [0.5, 0.6) is 0 Å². The fraction of sp³-hybridized carbons (Fsp3) is 0.231. The third-order valence-electron chi connectivity index (χ3n) is 6.40. The first-order valence-electron chi connectivity index (χ1n) is 10.5. The Kier molecular flexibility index (Phi) is 4.03. The minimum Gasteiger partial charge on any atom is -0.456 e. The molecule has 148 valence electrons. The van der Waals surface area contributed by atoms with Gasteiger partial charge in [-0.1, -0.05) is 43.5 Å². The first-order chi connectivity index (χ1) is 14.7. The Bertz CT molecular complexity index is 1270. The van der Waals surface area contributed by atoms with Crippen LogP contribution in [0.3, 0.4) is 0 Å². The summed E-state index contributed by atoms with van der Waals surface area (Å²) < 4.78 is 7.09. The van der Waals surface area contributed by atoms with Crippen LogP contribution in [0.4, 0.5) is 0 Å². The number of rotatable bonds is 2. The lowest BCUT2D eigenvalue weighted by Crippen LogP contribution is -2.02. The fourth-order valence-corrected chi connectivity index (χ4v) is 6.01. The van der Waals surface area contributed by atoms with Crippen molar-refractivity contribution in [1.82, 2.24) is 0 Å². The van der Waals surface area contributed by atoms with Crippen molar-refractivity contribution in [2.75, 3.05) is 0 Å². The van der Waals surface area contributed by atoms with E-state index in [-0.39, 0.29) is 17.1 Å². The van der Waals surface area contributed by atoms with Gasteiger partial charge in [0.25, 0.3) is 0 Å². The Morgan fingerprint density at radius 3 is 2.17 bits per heavy atom. The number of carbonyl (C=O) groups is 2. The lowest BCUT2D eigenvalue weighted by molar-refractivity contribution is 0.0990. The van der Waals surface area contributed by atoms with Crippen LogP contribution in [-0.4, -0.2) is 11.6 Å². The Balaban J connectivity index is 1.35. The average molecular weight is 413 g/mol. The molecule has 3 nitrogen and oxygen atoms in total. The van der Waals surface area contributed by atoms with Gasteiger partial charge in [0.2, 0.25) is 0 Å². The Morgan fingerprint density at radius 1 is 0.867 bits per heavy atom. The molecule has 30 heavy (non-hydrogen) atoms. The van der Waals surface area contributed by atoms with Crippen LogP contribution in [0.1, 0.15) is 69.4 Å². The van der Waals surface area contributed by atoms with Crippen LogP contribution >= 0.6 is 11.3 Å². The summed E-state index contributed by atoms with van der Waals surface area (Å²) in [6, 6.07) is 15.5. The first kappa shape index (κ1) is 17.8. The molecule has 2 aromatic carbocycles. The molecule has 1 fully saturated rings. The van der Waals surface area contributed by atoms with Crippen LogP contribution in [0, 0.1) is 0 Å².